The van der Waals surface area contributed by atoms with Gasteiger partial charge in [0, 0.05) is 18.8 Å². The third-order valence-electron chi connectivity index (χ3n) is 6.37. The SMILES string of the molecule is CCc1cccc(-c2nnc(NS(=O)(=O)[C@H]3CCCN(c4ncc(Cl)cn4)C3)n2-c2c(OC)ncnc2OC)n1. The minimum absolute atomic E-state index is 0.0926. The van der Waals surface area contributed by atoms with Crippen LogP contribution in [-0.4, -0.2) is 80.7 Å². The lowest BCUT2D eigenvalue weighted by Crippen LogP contribution is -2.45. The van der Waals surface area contributed by atoms with Crippen LogP contribution in [0.5, 0.6) is 11.8 Å². The predicted molar refractivity (Wildman–Crippen MR) is 147 cm³/mol. The maximum absolute atomic E-state index is 13.7. The van der Waals surface area contributed by atoms with Crippen molar-refractivity contribution in [3.63, 3.8) is 0 Å². The Morgan fingerprint density at radius 3 is 2.48 bits per heavy atom. The fraction of sp³-hybridized carbons (Fsp3) is 0.375. The highest BCUT2D eigenvalue weighted by atomic mass is 35.5. The van der Waals surface area contributed by atoms with Gasteiger partial charge >= 0.3 is 0 Å². The van der Waals surface area contributed by atoms with E-state index in [1.807, 2.05) is 24.0 Å². The van der Waals surface area contributed by atoms with Gasteiger partial charge in [-0.2, -0.15) is 9.97 Å². The van der Waals surface area contributed by atoms with Gasteiger partial charge in [0.2, 0.25) is 33.7 Å². The molecule has 0 aromatic carbocycles. The molecule has 0 amide bonds. The summed E-state index contributed by atoms with van der Waals surface area (Å²) >= 11 is 5.92. The second-order valence-corrected chi connectivity index (χ2v) is 11.2. The van der Waals surface area contributed by atoms with Crippen LogP contribution in [-0.2, 0) is 16.4 Å². The van der Waals surface area contributed by atoms with Gasteiger partial charge in [-0.1, -0.05) is 24.6 Å². The average molecular weight is 587 g/mol. The number of pyridine rings is 1. The van der Waals surface area contributed by atoms with Crippen molar-refractivity contribution in [2.24, 2.45) is 0 Å². The first-order valence-electron chi connectivity index (χ1n) is 12.4. The smallest absolute Gasteiger partial charge is 0.245 e. The van der Waals surface area contributed by atoms with Gasteiger partial charge in [0.15, 0.2) is 11.5 Å². The zero-order chi connectivity index (χ0) is 28.3. The molecule has 1 fully saturated rings. The molecule has 5 heterocycles. The van der Waals surface area contributed by atoms with E-state index < -0.39 is 15.3 Å². The average Bonchev–Trinajstić information content (AvgIpc) is 3.39. The monoisotopic (exact) mass is 586 g/mol. The van der Waals surface area contributed by atoms with Gasteiger partial charge in [0.25, 0.3) is 0 Å². The molecule has 16 heteroatoms. The van der Waals surface area contributed by atoms with Crippen molar-refractivity contribution in [2.45, 2.75) is 31.4 Å². The molecule has 4 aromatic rings. The van der Waals surface area contributed by atoms with Crippen LogP contribution in [0.25, 0.3) is 17.2 Å². The standard InChI is InChI=1S/C24H27ClN10O4S/c1-4-16-7-5-9-18(30-16)20-31-32-24(35(20)19-21(38-2)28-14-29-22(19)39-3)33-40(36,37)17-8-6-10-34(13-17)23-26-11-15(25)12-27-23/h5,7,9,11-12,14,17H,4,6,8,10,13H2,1-3H3,(H,32,33)/t17-/m0/s1. The summed E-state index contributed by atoms with van der Waals surface area (Å²) in [5.41, 5.74) is 1.51. The fourth-order valence-electron chi connectivity index (χ4n) is 4.42. The Hall–Kier alpha value is -4.11. The third kappa shape index (κ3) is 5.47. The van der Waals surface area contributed by atoms with E-state index in [0.29, 0.717) is 42.5 Å². The Morgan fingerprint density at radius 2 is 1.80 bits per heavy atom. The largest absolute Gasteiger partial charge is 0.479 e. The summed E-state index contributed by atoms with van der Waals surface area (Å²) in [4.78, 5) is 23.3. The van der Waals surface area contributed by atoms with Crippen molar-refractivity contribution < 1.29 is 17.9 Å². The van der Waals surface area contributed by atoms with Crippen molar-refractivity contribution in [1.82, 2.24) is 39.7 Å². The van der Waals surface area contributed by atoms with Crippen LogP contribution in [0.2, 0.25) is 5.02 Å². The number of sulfonamides is 1. The highest BCUT2D eigenvalue weighted by Crippen LogP contribution is 2.35. The quantitative estimate of drug-likeness (QED) is 0.305. The van der Waals surface area contributed by atoms with E-state index in [-0.39, 0.29) is 35.8 Å². The molecule has 1 aliphatic heterocycles. The van der Waals surface area contributed by atoms with Crippen LogP contribution in [0, 0.1) is 0 Å². The summed E-state index contributed by atoms with van der Waals surface area (Å²) in [5, 5.41) is 8.12. The van der Waals surface area contributed by atoms with Gasteiger partial charge in [0.05, 0.1) is 36.9 Å². The van der Waals surface area contributed by atoms with E-state index in [0.717, 1.165) is 5.69 Å². The van der Waals surface area contributed by atoms with Crippen molar-refractivity contribution >= 4 is 33.5 Å². The van der Waals surface area contributed by atoms with E-state index in [2.05, 4.69) is 39.8 Å². The van der Waals surface area contributed by atoms with E-state index in [9.17, 15) is 8.42 Å². The van der Waals surface area contributed by atoms with Crippen LogP contribution >= 0.6 is 11.6 Å². The summed E-state index contributed by atoms with van der Waals surface area (Å²) in [6.07, 6.45) is 5.99. The Labute approximate surface area is 235 Å². The highest BCUT2D eigenvalue weighted by Gasteiger charge is 2.34. The molecule has 1 N–H and O–H groups in total. The van der Waals surface area contributed by atoms with Gasteiger partial charge in [-0.25, -0.2) is 27.9 Å². The lowest BCUT2D eigenvalue weighted by Gasteiger charge is -2.32. The van der Waals surface area contributed by atoms with Crippen molar-refractivity contribution in [3.05, 3.63) is 47.6 Å². The van der Waals surface area contributed by atoms with Gasteiger partial charge in [-0.05, 0) is 31.4 Å². The first-order chi connectivity index (χ1) is 19.3. The number of nitrogens with one attached hydrogen (secondary N) is 1. The minimum atomic E-state index is -3.98. The van der Waals surface area contributed by atoms with Crippen molar-refractivity contribution in [3.8, 4) is 29.0 Å². The van der Waals surface area contributed by atoms with Gasteiger partial charge in [0.1, 0.15) is 12.0 Å². The van der Waals surface area contributed by atoms with Gasteiger partial charge in [-0.15, -0.1) is 10.2 Å². The molecule has 40 heavy (non-hydrogen) atoms. The predicted octanol–water partition coefficient (Wildman–Crippen LogP) is 2.55. The number of aromatic nitrogens is 8. The van der Waals surface area contributed by atoms with E-state index in [1.54, 1.807) is 6.07 Å². The number of hydrogen-bond donors (Lipinski definition) is 1. The van der Waals surface area contributed by atoms with Gasteiger partial charge in [-0.3, -0.25) is 4.72 Å². The van der Waals surface area contributed by atoms with Crippen LogP contribution in [0.4, 0.5) is 11.9 Å². The summed E-state index contributed by atoms with van der Waals surface area (Å²) in [5.74, 6) is 0.823. The number of methoxy groups -OCH3 is 2. The van der Waals surface area contributed by atoms with Crippen molar-refractivity contribution in [1.29, 1.82) is 0 Å². The Balaban J connectivity index is 1.56. The summed E-state index contributed by atoms with van der Waals surface area (Å²) in [6.45, 7) is 2.78. The molecule has 0 spiro atoms. The molecule has 0 unspecified atom stereocenters. The number of ether oxygens (including phenoxy) is 2. The van der Waals surface area contributed by atoms with E-state index in [1.165, 1.54) is 37.5 Å². The Morgan fingerprint density at radius 1 is 1.07 bits per heavy atom. The molecule has 5 rings (SSSR count). The lowest BCUT2D eigenvalue weighted by atomic mass is 10.1. The zero-order valence-corrected chi connectivity index (χ0v) is 23.6. The molecule has 0 bridgehead atoms. The summed E-state index contributed by atoms with van der Waals surface area (Å²) in [7, 11) is -1.11. The molecule has 4 aromatic heterocycles. The van der Waals surface area contributed by atoms with Crippen molar-refractivity contribution in [2.75, 3.05) is 36.9 Å². The number of rotatable bonds is 9. The minimum Gasteiger partial charge on any atom is -0.479 e. The number of hydrogen-bond acceptors (Lipinski definition) is 12. The molecule has 0 radical (unpaired) electrons. The molecule has 0 saturated carbocycles. The third-order valence-corrected chi connectivity index (χ3v) is 8.29. The number of halogens is 1. The van der Waals surface area contributed by atoms with Crippen LogP contribution in [0.15, 0.2) is 36.9 Å². The number of nitrogens with zero attached hydrogens (tertiary/aromatic N) is 9. The van der Waals surface area contributed by atoms with E-state index >= 15 is 0 Å². The molecule has 14 nitrogen and oxygen atoms in total. The summed E-state index contributed by atoms with van der Waals surface area (Å²) in [6, 6.07) is 5.49. The van der Waals surface area contributed by atoms with Crippen LogP contribution in [0.3, 0.4) is 0 Å². The molecule has 1 atom stereocenters. The first kappa shape index (κ1) is 27.5. The first-order valence-corrected chi connectivity index (χ1v) is 14.4. The molecular weight excluding hydrogens is 560 g/mol. The Kier molecular flexibility index (Phi) is 7.93. The zero-order valence-electron chi connectivity index (χ0n) is 22.0. The molecule has 0 aliphatic carbocycles. The summed E-state index contributed by atoms with van der Waals surface area (Å²) < 4.78 is 42.5. The fourth-order valence-corrected chi connectivity index (χ4v) is 5.92. The normalized spacial score (nSPS) is 15.6. The molecule has 1 saturated heterocycles. The van der Waals surface area contributed by atoms with E-state index in [4.69, 9.17) is 21.1 Å². The highest BCUT2D eigenvalue weighted by molar-refractivity contribution is 7.93. The number of anilines is 2. The topological polar surface area (TPSA) is 163 Å². The second kappa shape index (κ2) is 11.6. The van der Waals surface area contributed by atoms with Crippen LogP contribution < -0.4 is 19.1 Å². The second-order valence-electron chi connectivity index (χ2n) is 8.85. The maximum atomic E-state index is 13.7. The Bertz CT molecular complexity index is 1580. The maximum Gasteiger partial charge on any atom is 0.245 e. The number of piperidine rings is 1. The molecule has 1 aliphatic rings. The van der Waals surface area contributed by atoms with Gasteiger partial charge < -0.3 is 14.4 Å². The molecular formula is C24H27ClN10O4S. The number of aryl methyl sites for hydroxylation is 1. The lowest BCUT2D eigenvalue weighted by molar-refractivity contribution is 0.368. The molecule has 210 valence electrons. The van der Waals surface area contributed by atoms with Crippen LogP contribution in [0.1, 0.15) is 25.5 Å².